The highest BCUT2D eigenvalue weighted by atomic mass is 79.9. The van der Waals surface area contributed by atoms with Crippen molar-refractivity contribution < 1.29 is 8.42 Å². The fourth-order valence-corrected chi connectivity index (χ4v) is 4.23. The zero-order chi connectivity index (χ0) is 13.3. The maximum atomic E-state index is 12.1. The van der Waals surface area contributed by atoms with E-state index in [9.17, 15) is 8.42 Å². The number of hydrogen-bond donors (Lipinski definition) is 1. The number of nitrogens with zero attached hydrogens (tertiary/aromatic N) is 4. The van der Waals surface area contributed by atoms with Gasteiger partial charge in [-0.1, -0.05) is 5.21 Å². The second kappa shape index (κ2) is 5.03. The van der Waals surface area contributed by atoms with Crippen molar-refractivity contribution >= 4 is 37.3 Å². The van der Waals surface area contributed by atoms with Crippen molar-refractivity contribution in [1.82, 2.24) is 24.7 Å². The van der Waals surface area contributed by atoms with Gasteiger partial charge in [-0.25, -0.2) is 22.8 Å². The number of halogens is 1. The first-order valence-electron chi connectivity index (χ1n) is 4.85. The third-order valence-corrected chi connectivity index (χ3v) is 5.48. The van der Waals surface area contributed by atoms with Crippen LogP contribution in [0.5, 0.6) is 0 Å². The van der Waals surface area contributed by atoms with E-state index in [1.165, 1.54) is 23.1 Å². The Kier molecular flexibility index (Phi) is 3.80. The first-order valence-corrected chi connectivity index (χ1v) is 8.01. The summed E-state index contributed by atoms with van der Waals surface area (Å²) in [6, 6.07) is 0. The molecule has 2 rings (SSSR count). The predicted molar refractivity (Wildman–Crippen MR) is 69.6 cm³/mol. The lowest BCUT2D eigenvalue weighted by molar-refractivity contribution is 0.560. The summed E-state index contributed by atoms with van der Waals surface area (Å²) in [5.74, 6) is 0. The Hall–Kier alpha value is -0.840. The molecule has 0 radical (unpaired) electrons. The summed E-state index contributed by atoms with van der Waals surface area (Å²) < 4.78 is 28.1. The van der Waals surface area contributed by atoms with Gasteiger partial charge in [0, 0.05) is 18.5 Å². The van der Waals surface area contributed by atoms with Crippen molar-refractivity contribution in [2.75, 3.05) is 0 Å². The van der Waals surface area contributed by atoms with Gasteiger partial charge < -0.3 is 0 Å². The molecule has 18 heavy (non-hydrogen) atoms. The lowest BCUT2D eigenvalue weighted by atomic mass is 10.4. The summed E-state index contributed by atoms with van der Waals surface area (Å²) in [5, 5.41) is 7.29. The Balaban J connectivity index is 2.21. The van der Waals surface area contributed by atoms with Gasteiger partial charge >= 0.3 is 0 Å². The van der Waals surface area contributed by atoms with Crippen LogP contribution in [0.25, 0.3) is 0 Å². The van der Waals surface area contributed by atoms with Crippen LogP contribution in [0.15, 0.2) is 15.1 Å². The average Bonchev–Trinajstić information content (AvgIpc) is 2.83. The number of rotatable bonds is 4. The van der Waals surface area contributed by atoms with E-state index in [0.29, 0.717) is 0 Å². The molecular weight excluding hydrogens is 342 g/mol. The Morgan fingerprint density at radius 2 is 2.28 bits per heavy atom. The maximum absolute atomic E-state index is 12.1. The van der Waals surface area contributed by atoms with E-state index in [2.05, 4.69) is 35.9 Å². The number of thiazole rings is 1. The van der Waals surface area contributed by atoms with Gasteiger partial charge in [-0.2, -0.15) is 0 Å². The number of hydrogen-bond acceptors (Lipinski definition) is 6. The molecule has 0 fully saturated rings. The molecule has 2 heterocycles. The minimum Gasteiger partial charge on any atom is -0.250 e. The SMILES string of the molecule is Cc1ncsc1CNS(=O)(=O)c1c(Br)nnn1C. The van der Waals surface area contributed by atoms with Crippen molar-refractivity contribution in [3.05, 3.63) is 20.7 Å². The van der Waals surface area contributed by atoms with E-state index in [0.717, 1.165) is 10.6 Å². The molecule has 0 aromatic carbocycles. The van der Waals surface area contributed by atoms with E-state index in [-0.39, 0.29) is 16.2 Å². The third-order valence-electron chi connectivity index (χ3n) is 2.26. The molecule has 7 nitrogen and oxygen atoms in total. The number of aromatic nitrogens is 4. The number of nitrogens with one attached hydrogen (secondary N) is 1. The number of sulfonamides is 1. The summed E-state index contributed by atoms with van der Waals surface area (Å²) in [6.07, 6.45) is 0. The maximum Gasteiger partial charge on any atom is 0.260 e. The van der Waals surface area contributed by atoms with Crippen LogP contribution >= 0.6 is 27.3 Å². The van der Waals surface area contributed by atoms with E-state index < -0.39 is 10.0 Å². The average molecular weight is 352 g/mol. The molecule has 10 heteroatoms. The molecule has 0 saturated heterocycles. The topological polar surface area (TPSA) is 89.8 Å². The molecule has 0 spiro atoms. The van der Waals surface area contributed by atoms with Gasteiger partial charge in [-0.3, -0.25) is 0 Å². The molecule has 0 aliphatic rings. The fraction of sp³-hybridized carbons (Fsp3) is 0.375. The molecular formula is C8H10BrN5O2S2. The summed E-state index contributed by atoms with van der Waals surface area (Å²) in [5.41, 5.74) is 2.51. The molecule has 2 aromatic heterocycles. The first-order chi connectivity index (χ1) is 8.42. The Labute approximate surface area is 116 Å². The highest BCUT2D eigenvalue weighted by Gasteiger charge is 2.23. The molecule has 0 unspecified atom stereocenters. The van der Waals surface area contributed by atoms with Gasteiger partial charge in [-0.15, -0.1) is 16.4 Å². The fourth-order valence-electron chi connectivity index (χ4n) is 1.33. The number of aryl methyl sites for hydroxylation is 2. The van der Waals surface area contributed by atoms with Crippen LogP contribution in [0.4, 0.5) is 0 Å². The van der Waals surface area contributed by atoms with E-state index >= 15 is 0 Å². The smallest absolute Gasteiger partial charge is 0.250 e. The van der Waals surface area contributed by atoms with Crippen LogP contribution in [0, 0.1) is 6.92 Å². The van der Waals surface area contributed by atoms with Crippen LogP contribution in [0.1, 0.15) is 10.6 Å². The van der Waals surface area contributed by atoms with Gasteiger partial charge in [0.15, 0.2) is 4.60 Å². The Bertz CT molecular complexity index is 643. The minimum absolute atomic E-state index is 0.00432. The largest absolute Gasteiger partial charge is 0.260 e. The molecule has 0 aliphatic heterocycles. The van der Waals surface area contributed by atoms with Crippen molar-refractivity contribution in [3.8, 4) is 0 Å². The van der Waals surface area contributed by atoms with Crippen molar-refractivity contribution in [1.29, 1.82) is 0 Å². The lowest BCUT2D eigenvalue weighted by Crippen LogP contribution is -2.25. The Morgan fingerprint density at radius 1 is 1.56 bits per heavy atom. The molecule has 0 aliphatic carbocycles. The van der Waals surface area contributed by atoms with E-state index in [1.54, 1.807) is 5.51 Å². The van der Waals surface area contributed by atoms with Gasteiger partial charge in [0.25, 0.3) is 10.0 Å². The van der Waals surface area contributed by atoms with Crippen molar-refractivity contribution in [2.24, 2.45) is 7.05 Å². The molecule has 0 amide bonds. The summed E-state index contributed by atoms with van der Waals surface area (Å²) >= 11 is 4.47. The molecule has 1 N–H and O–H groups in total. The molecule has 2 aromatic rings. The minimum atomic E-state index is -3.65. The molecule has 0 bridgehead atoms. The van der Waals surface area contributed by atoms with E-state index in [4.69, 9.17) is 0 Å². The highest BCUT2D eigenvalue weighted by Crippen LogP contribution is 2.19. The van der Waals surface area contributed by atoms with Crippen LogP contribution in [-0.2, 0) is 23.6 Å². The summed E-state index contributed by atoms with van der Waals surface area (Å²) in [7, 11) is -2.13. The van der Waals surface area contributed by atoms with Crippen molar-refractivity contribution in [2.45, 2.75) is 18.5 Å². The first kappa shape index (κ1) is 13.6. The standard InChI is InChI=1S/C8H10BrN5O2S2/c1-5-6(17-4-10-5)3-11-18(15,16)8-7(9)12-13-14(8)2/h4,11H,3H2,1-2H3. The molecule has 98 valence electrons. The third kappa shape index (κ3) is 2.60. The zero-order valence-electron chi connectivity index (χ0n) is 9.58. The van der Waals surface area contributed by atoms with Crippen LogP contribution in [0.3, 0.4) is 0 Å². The molecule has 0 atom stereocenters. The van der Waals surface area contributed by atoms with Gasteiger partial charge in [0.2, 0.25) is 5.03 Å². The van der Waals surface area contributed by atoms with E-state index in [1.807, 2.05) is 6.92 Å². The van der Waals surface area contributed by atoms with Gasteiger partial charge in [-0.05, 0) is 22.9 Å². The van der Waals surface area contributed by atoms with Crippen molar-refractivity contribution in [3.63, 3.8) is 0 Å². The summed E-state index contributed by atoms with van der Waals surface area (Å²) in [4.78, 5) is 4.94. The van der Waals surface area contributed by atoms with Gasteiger partial charge in [0.05, 0.1) is 11.2 Å². The monoisotopic (exact) mass is 351 g/mol. The predicted octanol–water partition coefficient (Wildman–Crippen LogP) is 0.821. The molecule has 0 saturated carbocycles. The zero-order valence-corrected chi connectivity index (χ0v) is 12.8. The van der Waals surface area contributed by atoms with Crippen LogP contribution < -0.4 is 4.72 Å². The second-order valence-corrected chi connectivity index (χ2v) is 6.87. The van der Waals surface area contributed by atoms with Crippen LogP contribution in [-0.4, -0.2) is 28.4 Å². The van der Waals surface area contributed by atoms with Crippen LogP contribution in [0.2, 0.25) is 0 Å². The quantitative estimate of drug-likeness (QED) is 0.880. The summed E-state index contributed by atoms with van der Waals surface area (Å²) in [6.45, 7) is 2.04. The second-order valence-electron chi connectivity index (χ2n) is 3.49. The lowest BCUT2D eigenvalue weighted by Gasteiger charge is -2.05. The highest BCUT2D eigenvalue weighted by molar-refractivity contribution is 9.10. The Morgan fingerprint density at radius 3 is 2.78 bits per heavy atom. The van der Waals surface area contributed by atoms with Gasteiger partial charge in [0.1, 0.15) is 0 Å². The normalized spacial score (nSPS) is 11.9.